The second-order valence-electron chi connectivity index (χ2n) is 24.2. The molecule has 4 aliphatic heterocycles. The van der Waals surface area contributed by atoms with Crippen LogP contribution in [0.25, 0.3) is 0 Å². The number of rotatable bonds is 31. The molecule has 5 atom stereocenters. The van der Waals surface area contributed by atoms with Crippen molar-refractivity contribution in [1.82, 2.24) is 19.6 Å². The summed E-state index contributed by atoms with van der Waals surface area (Å²) in [6, 6.07) is 37.4. The Morgan fingerprint density at radius 2 is 1.03 bits per heavy atom. The van der Waals surface area contributed by atoms with E-state index < -0.39 is 0 Å². The molecule has 22 heteroatoms. The minimum Gasteiger partial charge on any atom is -0.491 e. The Bertz CT molecular complexity index is 3230. The van der Waals surface area contributed by atoms with Crippen LogP contribution in [0.2, 0.25) is 10.0 Å². The fraction of sp³-hybridized carbons (Fsp3) is 0.452. The minimum atomic E-state index is -0.330. The molecule has 11 rings (SSSR count). The molecule has 2 N–H and O–H groups in total. The van der Waals surface area contributed by atoms with Gasteiger partial charge in [-0.05, 0) is 103 Å². The van der Waals surface area contributed by atoms with Crippen LogP contribution >= 0.6 is 45.9 Å². The van der Waals surface area contributed by atoms with E-state index in [0.717, 1.165) is 125 Å². The molecule has 1 aliphatic carbocycles. The Morgan fingerprint density at radius 1 is 0.558 bits per heavy atom. The standard InChI is InChI=1S/C20H30NO3.C19H24NO3.C17H16Cl2NO2S.C17H18NO2S.4Y/c1-4-5-6-7-12-21-17(13-19(21)23)14-24-18-10-8-16(9-11-18)20(2,3)15-22;1-2-3-4-5-10-20-15(12-19(20)22)13-23-16-7-8-17-14(11-16)6-9-18(17)21;18-12-7-13(19)9-15(8-12)22-11-14-10-17(21)20(14)5-1-3-16-4-2-6-23-16;19-17-12-14(13-20-15-6-2-1-3-7-15)18(17)10-4-8-16-9-5-11-21-16;;;;/h8-11,17,22H,1,4-7,12-15H2,2-3H3;4-5,7-8,11,15,18,21H,1-3,6,9-10,12-13H2;2,4,7-9,14H,1,3,5,10-11H2;1-3,5-7,9,14H,4,8,10,12-13H2;;;;/q4*-1;;;;/b;5-4-;;;;;;/t17-;15-,18?;2*14-;;;;/m1111..../s1. The number of nitrogens with zero attached hydrogens (tertiary/aromatic N) is 4. The molecule has 4 saturated heterocycles. The fourth-order valence-electron chi connectivity index (χ4n) is 11.2. The molecule has 4 aromatic carbocycles. The van der Waals surface area contributed by atoms with Crippen molar-refractivity contribution in [2.45, 2.75) is 152 Å². The molecular formula is C73H88Cl2N4O10S2Y4-4. The number of unbranched alkanes of at least 4 members (excludes halogenated alkanes) is 4. The van der Waals surface area contributed by atoms with E-state index in [-0.39, 0.29) is 197 Å². The molecule has 2 aromatic heterocycles. The van der Waals surface area contributed by atoms with Crippen molar-refractivity contribution in [2.24, 2.45) is 0 Å². The summed E-state index contributed by atoms with van der Waals surface area (Å²) in [5, 5.41) is 26.5. The van der Waals surface area contributed by atoms with Gasteiger partial charge in [-0.2, -0.15) is 25.0 Å². The zero-order valence-electron chi connectivity index (χ0n) is 54.9. The first kappa shape index (κ1) is 85.4. The van der Waals surface area contributed by atoms with Crippen LogP contribution < -0.4 is 18.9 Å². The predicted octanol–water partition coefficient (Wildman–Crippen LogP) is 13.8. The van der Waals surface area contributed by atoms with Crippen LogP contribution in [-0.2, 0) is 175 Å². The second kappa shape index (κ2) is 45.1. The van der Waals surface area contributed by atoms with E-state index >= 15 is 0 Å². The molecule has 95 heavy (non-hydrogen) atoms. The summed E-state index contributed by atoms with van der Waals surface area (Å²) in [5.74, 6) is 4.00. The molecule has 502 valence electrons. The third-order valence-corrected chi connectivity index (χ3v) is 19.1. The van der Waals surface area contributed by atoms with Crippen molar-refractivity contribution in [2.75, 3.05) is 59.2 Å². The van der Waals surface area contributed by atoms with Crippen LogP contribution in [0.1, 0.15) is 130 Å². The molecule has 14 nitrogen and oxygen atoms in total. The summed E-state index contributed by atoms with van der Waals surface area (Å²) in [6.45, 7) is 17.0. The van der Waals surface area contributed by atoms with E-state index in [4.69, 9.17) is 42.1 Å². The van der Waals surface area contributed by atoms with E-state index in [9.17, 15) is 29.4 Å². The molecule has 0 spiro atoms. The normalized spacial score (nSPS) is 18.2. The van der Waals surface area contributed by atoms with Crippen LogP contribution in [0.15, 0.2) is 127 Å². The summed E-state index contributed by atoms with van der Waals surface area (Å²) in [5.41, 5.74) is 3.04. The van der Waals surface area contributed by atoms with E-state index in [1.54, 1.807) is 40.9 Å². The van der Waals surface area contributed by atoms with Crippen LogP contribution in [0.3, 0.4) is 0 Å². The number of aryl methyl sites for hydroxylation is 3. The maximum absolute atomic E-state index is 11.8. The molecule has 4 radical (unpaired) electrons. The van der Waals surface area contributed by atoms with Gasteiger partial charge in [0, 0.05) is 172 Å². The first-order valence-electron chi connectivity index (χ1n) is 32.0. The number of halogens is 2. The van der Waals surface area contributed by atoms with Crippen molar-refractivity contribution >= 4 is 69.5 Å². The monoisotopic (exact) mass is 1670 g/mol. The summed E-state index contributed by atoms with van der Waals surface area (Å²) >= 11 is 15.2. The van der Waals surface area contributed by atoms with Gasteiger partial charge >= 0.3 is 0 Å². The maximum atomic E-state index is 11.8. The number of allylic oxidation sites excluding steroid dienone is 1. The SMILES string of the molecule is O=C1C[C@H](COc2cc(Cl)cc(Cl)c2)N1CCCc1cc[c-]s1.O=C1C[C@H](COc2ccccc2)N1CCCc1cc[c-]s1.[CH2-]CC/C=C\CN1C(=O)C[C@@H]1COc1ccc2c(c1)CCC2O.[CH2-]CCCCCN1C(=O)C[C@@H]1COc1ccc(C(C)(C)CO)cc1.[Y].[Y].[Y].[Y]. The number of amides is 4. The Balaban J connectivity index is 0.000000266. The van der Waals surface area contributed by atoms with E-state index in [1.165, 1.54) is 15.3 Å². The van der Waals surface area contributed by atoms with Crippen LogP contribution in [-0.4, -0.2) is 137 Å². The third-order valence-electron chi connectivity index (χ3n) is 16.9. The second-order valence-corrected chi connectivity index (χ2v) is 27.0. The molecule has 5 aliphatic rings. The average Bonchev–Trinajstić information content (AvgIpc) is 1.75. The minimum absolute atomic E-state index is 0. The van der Waals surface area contributed by atoms with E-state index in [2.05, 4.69) is 42.8 Å². The Labute approximate surface area is 682 Å². The number of carbonyl (C=O) groups excluding carboxylic acids is 4. The number of likely N-dealkylation sites (tertiary alicyclic amines) is 4. The number of benzene rings is 4. The number of para-hydroxylation sites is 1. The number of hydrogen-bond donors (Lipinski definition) is 2. The van der Waals surface area contributed by atoms with Gasteiger partial charge in [0.1, 0.15) is 49.4 Å². The first-order valence-corrected chi connectivity index (χ1v) is 34.4. The maximum Gasteiger partial charge on any atom is 0.225 e. The third kappa shape index (κ3) is 27.4. The van der Waals surface area contributed by atoms with Gasteiger partial charge < -0.3 is 85.3 Å². The number of aliphatic hydroxyl groups is 2. The smallest absolute Gasteiger partial charge is 0.225 e. The Morgan fingerprint density at radius 3 is 1.51 bits per heavy atom. The van der Waals surface area contributed by atoms with Crippen LogP contribution in [0, 0.1) is 24.6 Å². The fourth-order valence-corrected chi connectivity index (χ4v) is 13.1. The zero-order valence-corrected chi connectivity index (χ0v) is 69.4. The number of hydrogen-bond acceptors (Lipinski definition) is 12. The Kier molecular flexibility index (Phi) is 40.5. The van der Waals surface area contributed by atoms with Crippen molar-refractivity contribution in [3.63, 3.8) is 0 Å². The van der Waals surface area contributed by atoms with Gasteiger partial charge in [-0.15, -0.1) is 20.5 Å². The van der Waals surface area contributed by atoms with Gasteiger partial charge in [0.2, 0.25) is 23.6 Å². The topological polar surface area (TPSA) is 159 Å². The van der Waals surface area contributed by atoms with Gasteiger partial charge in [-0.3, -0.25) is 19.2 Å². The van der Waals surface area contributed by atoms with Gasteiger partial charge in [-0.1, -0.05) is 118 Å². The average molecular weight is 1670 g/mol. The quantitative estimate of drug-likeness (QED) is 0.0186. The summed E-state index contributed by atoms with van der Waals surface area (Å²) in [4.78, 5) is 57.2. The first-order chi connectivity index (χ1) is 44.1. The molecule has 0 bridgehead atoms. The molecule has 4 amide bonds. The molecule has 4 fully saturated rings. The van der Waals surface area contributed by atoms with E-state index in [1.807, 2.05) is 124 Å². The van der Waals surface area contributed by atoms with Crippen molar-refractivity contribution in [1.29, 1.82) is 0 Å². The van der Waals surface area contributed by atoms with Crippen molar-refractivity contribution in [3.05, 3.63) is 189 Å². The number of thiophene rings is 2. The number of carbonyl (C=O) groups is 4. The molecule has 6 aromatic rings. The molecule has 6 heterocycles. The van der Waals surface area contributed by atoms with Crippen LogP contribution in [0.4, 0.5) is 0 Å². The van der Waals surface area contributed by atoms with Crippen LogP contribution in [0.5, 0.6) is 23.0 Å². The van der Waals surface area contributed by atoms with Gasteiger partial charge in [0.15, 0.2) is 0 Å². The molecule has 0 saturated carbocycles. The zero-order chi connectivity index (χ0) is 64.5. The van der Waals surface area contributed by atoms with Gasteiger partial charge in [-0.25, -0.2) is 12.1 Å². The Hall–Kier alpha value is -1.98. The largest absolute Gasteiger partial charge is 0.491 e. The van der Waals surface area contributed by atoms with E-state index in [0.29, 0.717) is 74.5 Å². The van der Waals surface area contributed by atoms with Crippen molar-refractivity contribution < 1.29 is 179 Å². The summed E-state index contributed by atoms with van der Waals surface area (Å²) < 4.78 is 23.2. The molecular weight excluding hydrogens is 1580 g/mol. The van der Waals surface area contributed by atoms with Crippen molar-refractivity contribution in [3.8, 4) is 23.0 Å². The number of β-lactam (4-membered cyclic amide) rings is 4. The number of ether oxygens (including phenoxy) is 4. The van der Waals surface area contributed by atoms with Gasteiger partial charge in [0.05, 0.1) is 62.6 Å². The number of fused-ring (bicyclic) bond motifs is 1. The summed E-state index contributed by atoms with van der Waals surface area (Å²) in [6.07, 6.45) is 17.8. The van der Waals surface area contributed by atoms with Gasteiger partial charge in [0.25, 0.3) is 0 Å². The predicted molar refractivity (Wildman–Crippen MR) is 362 cm³/mol. The molecule has 1 unspecified atom stereocenters. The number of aliphatic hydroxyl groups excluding tert-OH is 2. The summed E-state index contributed by atoms with van der Waals surface area (Å²) in [7, 11) is 0.